The zero-order valence-corrected chi connectivity index (χ0v) is 13.1. The Hall–Kier alpha value is -0.650. The number of carbonyl (C=O) groups is 1. The van der Waals surface area contributed by atoms with Gasteiger partial charge in [-0.2, -0.15) is 0 Å². The van der Waals surface area contributed by atoms with Crippen LogP contribution in [0.15, 0.2) is 0 Å². The summed E-state index contributed by atoms with van der Waals surface area (Å²) in [4.78, 5) is 11.7. The highest BCUT2D eigenvalue weighted by Crippen LogP contribution is 2.40. The van der Waals surface area contributed by atoms with Gasteiger partial charge in [-0.15, -0.1) is 0 Å². The van der Waals surface area contributed by atoms with E-state index >= 15 is 0 Å². The summed E-state index contributed by atoms with van der Waals surface area (Å²) in [5, 5.41) is 12.8. The Morgan fingerprint density at radius 2 is 1.85 bits per heavy atom. The van der Waals surface area contributed by atoms with Gasteiger partial charge in [-0.3, -0.25) is 10.1 Å². The molecule has 0 spiro atoms. The largest absolute Gasteiger partial charge is 0.480 e. The number of hydrogen-bond donors (Lipinski definition) is 2. The fourth-order valence-electron chi connectivity index (χ4n) is 2.34. The fourth-order valence-corrected chi connectivity index (χ4v) is 2.34. The zero-order chi connectivity index (χ0) is 15.2. The second-order valence-corrected chi connectivity index (χ2v) is 6.37. The molecule has 1 fully saturated rings. The number of nitrogens with one attached hydrogen (secondary N) is 1. The monoisotopic (exact) mass is 287 g/mol. The summed E-state index contributed by atoms with van der Waals surface area (Å²) in [6.45, 7) is 9.98. The molecule has 5 nitrogen and oxygen atoms in total. The van der Waals surface area contributed by atoms with Crippen molar-refractivity contribution >= 4 is 5.97 Å². The number of aliphatic carboxylic acids is 1. The minimum atomic E-state index is -0.938. The van der Waals surface area contributed by atoms with Gasteiger partial charge >= 0.3 is 5.97 Å². The third kappa shape index (κ3) is 5.38. The average Bonchev–Trinajstić information content (AvgIpc) is 3.15. The number of carboxylic acid groups (broad SMARTS) is 1. The van der Waals surface area contributed by atoms with E-state index < -0.39 is 11.5 Å². The van der Waals surface area contributed by atoms with Crippen LogP contribution in [0.3, 0.4) is 0 Å². The van der Waals surface area contributed by atoms with Crippen LogP contribution in [-0.2, 0) is 14.3 Å². The van der Waals surface area contributed by atoms with E-state index in [1.54, 1.807) is 0 Å². The van der Waals surface area contributed by atoms with E-state index in [4.69, 9.17) is 9.47 Å². The topological polar surface area (TPSA) is 67.8 Å². The van der Waals surface area contributed by atoms with Gasteiger partial charge in [0, 0.05) is 12.6 Å². The maximum Gasteiger partial charge on any atom is 0.326 e. The molecule has 20 heavy (non-hydrogen) atoms. The Balaban J connectivity index is 2.39. The summed E-state index contributed by atoms with van der Waals surface area (Å²) in [7, 11) is 0. The summed E-state index contributed by atoms with van der Waals surface area (Å²) in [6, 6.07) is 0.118. The molecule has 0 radical (unpaired) electrons. The minimum absolute atomic E-state index is 0.118. The van der Waals surface area contributed by atoms with Gasteiger partial charge < -0.3 is 14.6 Å². The summed E-state index contributed by atoms with van der Waals surface area (Å²) >= 11 is 0. The van der Waals surface area contributed by atoms with Gasteiger partial charge in [0.1, 0.15) is 5.54 Å². The molecule has 0 aliphatic heterocycles. The summed E-state index contributed by atoms with van der Waals surface area (Å²) < 4.78 is 11.0. The molecule has 1 saturated carbocycles. The summed E-state index contributed by atoms with van der Waals surface area (Å²) in [5.74, 6) is -0.127. The summed E-state index contributed by atoms with van der Waals surface area (Å²) in [5.41, 5.74) is -0.938. The van der Waals surface area contributed by atoms with Crippen molar-refractivity contribution in [3.8, 4) is 0 Å². The molecule has 0 bridgehead atoms. The number of ether oxygens (including phenoxy) is 2. The predicted octanol–water partition coefficient (Wildman–Crippen LogP) is 1.91. The van der Waals surface area contributed by atoms with Crippen LogP contribution in [0.2, 0.25) is 0 Å². The van der Waals surface area contributed by atoms with E-state index in [1.165, 1.54) is 0 Å². The average molecular weight is 287 g/mol. The molecule has 0 aromatic carbocycles. The molecule has 1 rings (SSSR count). The Morgan fingerprint density at radius 1 is 1.25 bits per heavy atom. The molecule has 1 aliphatic rings. The first-order valence-corrected chi connectivity index (χ1v) is 7.55. The zero-order valence-electron chi connectivity index (χ0n) is 13.1. The van der Waals surface area contributed by atoms with Crippen LogP contribution in [0.1, 0.15) is 40.5 Å². The highest BCUT2D eigenvalue weighted by molar-refractivity contribution is 5.80. The molecule has 1 aliphatic carbocycles. The normalized spacial score (nSPS) is 18.5. The highest BCUT2D eigenvalue weighted by Gasteiger charge is 2.51. The van der Waals surface area contributed by atoms with Crippen LogP contribution in [-0.4, -0.2) is 49.1 Å². The Bertz CT molecular complexity index is 302. The van der Waals surface area contributed by atoms with Crippen molar-refractivity contribution in [1.82, 2.24) is 5.32 Å². The van der Waals surface area contributed by atoms with Crippen LogP contribution in [0.4, 0.5) is 0 Å². The number of carboxylic acids is 1. The second kappa shape index (κ2) is 7.96. The van der Waals surface area contributed by atoms with Crippen LogP contribution in [0.5, 0.6) is 0 Å². The van der Waals surface area contributed by atoms with Crippen molar-refractivity contribution in [3.63, 3.8) is 0 Å². The molecular formula is C15H29NO4. The van der Waals surface area contributed by atoms with Crippen molar-refractivity contribution in [3.05, 3.63) is 0 Å². The Labute approximate surface area is 122 Å². The first-order valence-electron chi connectivity index (χ1n) is 7.55. The minimum Gasteiger partial charge on any atom is -0.480 e. The molecule has 1 unspecified atom stereocenters. The molecule has 5 heteroatoms. The first-order chi connectivity index (χ1) is 9.38. The first kappa shape index (κ1) is 17.4. The lowest BCUT2D eigenvalue weighted by Gasteiger charge is -2.32. The van der Waals surface area contributed by atoms with Crippen molar-refractivity contribution in [2.45, 2.75) is 52.1 Å². The van der Waals surface area contributed by atoms with E-state index in [0.717, 1.165) is 12.8 Å². The van der Waals surface area contributed by atoms with Gasteiger partial charge in [0.25, 0.3) is 0 Å². The molecule has 0 saturated heterocycles. The molecular weight excluding hydrogens is 258 g/mol. The second-order valence-electron chi connectivity index (χ2n) is 6.37. The van der Waals surface area contributed by atoms with E-state index in [1.807, 2.05) is 13.8 Å². The van der Waals surface area contributed by atoms with Crippen LogP contribution < -0.4 is 5.32 Å². The van der Waals surface area contributed by atoms with Crippen molar-refractivity contribution in [2.24, 2.45) is 11.8 Å². The maximum absolute atomic E-state index is 11.7. The van der Waals surface area contributed by atoms with Crippen LogP contribution in [0, 0.1) is 11.8 Å². The van der Waals surface area contributed by atoms with Gasteiger partial charge in [-0.1, -0.05) is 13.8 Å². The lowest BCUT2D eigenvalue weighted by Crippen LogP contribution is -2.59. The van der Waals surface area contributed by atoms with Gasteiger partial charge in [0.15, 0.2) is 0 Å². The SMILES string of the molecule is CC(C)COCCOCC(NC(C)C)(C(=O)O)C1CC1. The van der Waals surface area contributed by atoms with Gasteiger partial charge in [-0.25, -0.2) is 0 Å². The molecule has 0 heterocycles. The van der Waals surface area contributed by atoms with E-state index in [0.29, 0.717) is 25.7 Å². The molecule has 0 aromatic heterocycles. The predicted molar refractivity (Wildman–Crippen MR) is 77.8 cm³/mol. The standard InChI is InChI=1S/C15H29NO4/c1-11(2)9-19-7-8-20-10-15(14(17)18,13-5-6-13)16-12(3)4/h11-13,16H,5-10H2,1-4H3,(H,17,18). The van der Waals surface area contributed by atoms with E-state index in [-0.39, 0.29) is 18.6 Å². The van der Waals surface area contributed by atoms with Crippen molar-refractivity contribution in [1.29, 1.82) is 0 Å². The number of rotatable bonds is 11. The van der Waals surface area contributed by atoms with Crippen molar-refractivity contribution < 1.29 is 19.4 Å². The van der Waals surface area contributed by atoms with E-state index in [2.05, 4.69) is 19.2 Å². The fraction of sp³-hybridized carbons (Fsp3) is 0.933. The third-order valence-electron chi connectivity index (χ3n) is 3.36. The highest BCUT2D eigenvalue weighted by atomic mass is 16.5. The van der Waals surface area contributed by atoms with Gasteiger partial charge in [-0.05, 0) is 38.5 Å². The summed E-state index contributed by atoms with van der Waals surface area (Å²) in [6.07, 6.45) is 1.92. The Kier molecular flexibility index (Phi) is 6.92. The molecule has 118 valence electrons. The smallest absolute Gasteiger partial charge is 0.326 e. The van der Waals surface area contributed by atoms with Crippen LogP contribution in [0.25, 0.3) is 0 Å². The van der Waals surface area contributed by atoms with Gasteiger partial charge in [0.2, 0.25) is 0 Å². The molecule has 0 aromatic rings. The van der Waals surface area contributed by atoms with Gasteiger partial charge in [0.05, 0.1) is 19.8 Å². The maximum atomic E-state index is 11.7. The quantitative estimate of drug-likeness (QED) is 0.568. The Morgan fingerprint density at radius 3 is 2.30 bits per heavy atom. The van der Waals surface area contributed by atoms with E-state index in [9.17, 15) is 9.90 Å². The lowest BCUT2D eigenvalue weighted by atomic mass is 9.93. The number of hydrogen-bond acceptors (Lipinski definition) is 4. The van der Waals surface area contributed by atoms with Crippen molar-refractivity contribution in [2.75, 3.05) is 26.4 Å². The molecule has 0 amide bonds. The molecule has 1 atom stereocenters. The lowest BCUT2D eigenvalue weighted by molar-refractivity contribution is -0.150. The molecule has 2 N–H and O–H groups in total. The third-order valence-corrected chi connectivity index (χ3v) is 3.36. The van der Waals surface area contributed by atoms with Crippen LogP contribution >= 0.6 is 0 Å².